The molecular formula is C22H26ClN3O5S. The molecule has 0 aromatic heterocycles. The highest BCUT2D eigenvalue weighted by Gasteiger charge is 2.29. The molecule has 1 heterocycles. The van der Waals surface area contributed by atoms with Gasteiger partial charge in [-0.3, -0.25) is 9.59 Å². The second-order valence-electron chi connectivity index (χ2n) is 7.36. The minimum absolute atomic E-state index is 0.0103. The number of sulfonamides is 1. The molecule has 10 heteroatoms. The van der Waals surface area contributed by atoms with Gasteiger partial charge in [0.2, 0.25) is 15.9 Å². The Balaban J connectivity index is 1.63. The summed E-state index contributed by atoms with van der Waals surface area (Å²) in [6, 6.07) is 11.1. The molecule has 1 fully saturated rings. The number of carbonyl (C=O) groups is 2. The van der Waals surface area contributed by atoms with Crippen molar-refractivity contribution in [3.05, 3.63) is 53.1 Å². The van der Waals surface area contributed by atoms with Gasteiger partial charge in [-0.05, 0) is 43.2 Å². The molecule has 2 aromatic rings. The van der Waals surface area contributed by atoms with E-state index in [0.29, 0.717) is 29.4 Å². The maximum Gasteiger partial charge on any atom is 0.252 e. The van der Waals surface area contributed by atoms with Crippen molar-refractivity contribution < 1.29 is 22.7 Å². The molecule has 0 atom stereocenters. The van der Waals surface area contributed by atoms with E-state index in [1.165, 1.54) is 23.5 Å². The molecule has 8 nitrogen and oxygen atoms in total. The van der Waals surface area contributed by atoms with Crippen molar-refractivity contribution in [3.63, 3.8) is 0 Å². The van der Waals surface area contributed by atoms with Crippen LogP contribution in [0.1, 0.15) is 36.0 Å². The van der Waals surface area contributed by atoms with Crippen molar-refractivity contribution in [1.82, 2.24) is 9.62 Å². The molecule has 2 aromatic carbocycles. The molecule has 3 rings (SSSR count). The molecular weight excluding hydrogens is 454 g/mol. The van der Waals surface area contributed by atoms with Gasteiger partial charge < -0.3 is 15.4 Å². The van der Waals surface area contributed by atoms with E-state index in [1.54, 1.807) is 30.3 Å². The molecule has 1 aliphatic rings. The van der Waals surface area contributed by atoms with Crippen LogP contribution in [-0.4, -0.2) is 51.3 Å². The van der Waals surface area contributed by atoms with Crippen molar-refractivity contribution in [2.75, 3.05) is 32.1 Å². The first-order valence-electron chi connectivity index (χ1n) is 10.3. The van der Waals surface area contributed by atoms with Gasteiger partial charge in [-0.15, -0.1) is 0 Å². The summed E-state index contributed by atoms with van der Waals surface area (Å²) in [5.74, 6) is -0.515. The van der Waals surface area contributed by atoms with Crippen LogP contribution in [0.2, 0.25) is 5.02 Å². The fourth-order valence-electron chi connectivity index (χ4n) is 3.45. The van der Waals surface area contributed by atoms with Gasteiger partial charge in [0, 0.05) is 31.7 Å². The molecule has 0 saturated carbocycles. The molecule has 0 aliphatic carbocycles. The Labute approximate surface area is 192 Å². The first-order chi connectivity index (χ1) is 15.3. The number of nitrogens with one attached hydrogen (secondary N) is 2. The Bertz CT molecular complexity index is 1080. The molecule has 2 N–H and O–H groups in total. The Morgan fingerprint density at radius 3 is 2.50 bits per heavy atom. The van der Waals surface area contributed by atoms with E-state index in [1.807, 2.05) is 0 Å². The van der Waals surface area contributed by atoms with E-state index in [0.717, 1.165) is 19.3 Å². The van der Waals surface area contributed by atoms with Gasteiger partial charge in [0.1, 0.15) is 10.6 Å². The normalized spacial score (nSPS) is 14.6. The smallest absolute Gasteiger partial charge is 0.252 e. The zero-order chi connectivity index (χ0) is 23.1. The van der Waals surface area contributed by atoms with Crippen molar-refractivity contribution in [1.29, 1.82) is 0 Å². The molecule has 0 unspecified atom stereocenters. The van der Waals surface area contributed by atoms with E-state index in [4.69, 9.17) is 16.3 Å². The Hall–Kier alpha value is -2.62. The van der Waals surface area contributed by atoms with Crippen molar-refractivity contribution in [3.8, 4) is 5.75 Å². The van der Waals surface area contributed by atoms with Crippen LogP contribution in [-0.2, 0) is 14.8 Å². The summed E-state index contributed by atoms with van der Waals surface area (Å²) >= 11 is 6.00. The average Bonchev–Trinajstić information content (AvgIpc) is 2.79. The predicted molar refractivity (Wildman–Crippen MR) is 123 cm³/mol. The highest BCUT2D eigenvalue weighted by Crippen LogP contribution is 2.31. The van der Waals surface area contributed by atoms with Gasteiger partial charge in [0.25, 0.3) is 5.91 Å². The molecule has 0 spiro atoms. The summed E-state index contributed by atoms with van der Waals surface area (Å²) in [6.07, 6.45) is 2.65. The summed E-state index contributed by atoms with van der Waals surface area (Å²) < 4.78 is 32.9. The zero-order valence-electron chi connectivity index (χ0n) is 17.8. The Morgan fingerprint density at radius 2 is 1.81 bits per heavy atom. The van der Waals surface area contributed by atoms with Crippen molar-refractivity contribution in [2.24, 2.45) is 0 Å². The molecule has 2 amide bonds. The van der Waals surface area contributed by atoms with E-state index in [9.17, 15) is 18.0 Å². The van der Waals surface area contributed by atoms with Crippen LogP contribution in [0.25, 0.3) is 0 Å². The molecule has 172 valence electrons. The lowest BCUT2D eigenvalue weighted by molar-refractivity contribution is -0.116. The number of nitrogens with zero attached hydrogens (tertiary/aromatic N) is 1. The second-order valence-corrected chi connectivity index (χ2v) is 9.68. The maximum atomic E-state index is 13.1. The minimum Gasteiger partial charge on any atom is -0.495 e. The van der Waals surface area contributed by atoms with Gasteiger partial charge in [-0.2, -0.15) is 4.31 Å². The third-order valence-electron chi connectivity index (χ3n) is 5.14. The maximum absolute atomic E-state index is 13.1. The molecule has 32 heavy (non-hydrogen) atoms. The Morgan fingerprint density at radius 1 is 1.09 bits per heavy atom. The second kappa shape index (κ2) is 10.8. The van der Waals surface area contributed by atoms with Crippen LogP contribution >= 0.6 is 11.6 Å². The lowest BCUT2D eigenvalue weighted by Crippen LogP contribution is -2.35. The third kappa shape index (κ3) is 5.79. The van der Waals surface area contributed by atoms with Crippen LogP contribution in [0.3, 0.4) is 0 Å². The molecule has 1 saturated heterocycles. The van der Waals surface area contributed by atoms with Crippen LogP contribution in [0.4, 0.5) is 5.69 Å². The van der Waals surface area contributed by atoms with Gasteiger partial charge in [0.05, 0.1) is 17.7 Å². The summed E-state index contributed by atoms with van der Waals surface area (Å²) in [5, 5.41) is 5.65. The number of carbonyl (C=O) groups excluding carboxylic acids is 2. The largest absolute Gasteiger partial charge is 0.495 e. The third-order valence-corrected chi connectivity index (χ3v) is 7.39. The fourth-order valence-corrected chi connectivity index (χ4v) is 5.37. The van der Waals surface area contributed by atoms with Crippen LogP contribution in [0, 0.1) is 0 Å². The van der Waals surface area contributed by atoms with E-state index in [2.05, 4.69) is 10.6 Å². The number of rotatable bonds is 8. The summed E-state index contributed by atoms with van der Waals surface area (Å²) in [7, 11) is -2.33. The first kappa shape index (κ1) is 24.0. The standard InChI is InChI=1S/C22H26ClN3O5S/c1-31-19-10-9-16(15-20(19)32(29,30)26-13-5-2-6-14-26)25-21(27)11-12-24-22(28)17-7-3-4-8-18(17)23/h3-4,7-10,15H,2,5-6,11-14H2,1H3,(H,24,28)(H,25,27). The van der Waals surface area contributed by atoms with Gasteiger partial charge in [0.15, 0.2) is 0 Å². The van der Waals surface area contributed by atoms with Gasteiger partial charge in [-0.1, -0.05) is 30.2 Å². The summed E-state index contributed by atoms with van der Waals surface area (Å²) in [5.41, 5.74) is 0.668. The number of ether oxygens (including phenoxy) is 1. The van der Waals surface area contributed by atoms with E-state index in [-0.39, 0.29) is 35.4 Å². The number of piperidine rings is 1. The highest BCUT2D eigenvalue weighted by molar-refractivity contribution is 7.89. The molecule has 0 bridgehead atoms. The fraction of sp³-hybridized carbons (Fsp3) is 0.364. The van der Waals surface area contributed by atoms with Gasteiger partial charge in [-0.25, -0.2) is 8.42 Å². The number of halogens is 1. The van der Waals surface area contributed by atoms with Crippen LogP contribution in [0.5, 0.6) is 5.75 Å². The zero-order valence-corrected chi connectivity index (χ0v) is 19.3. The number of hydrogen-bond donors (Lipinski definition) is 2. The minimum atomic E-state index is -3.74. The SMILES string of the molecule is COc1ccc(NC(=O)CCNC(=O)c2ccccc2Cl)cc1S(=O)(=O)N1CCCCC1. The topological polar surface area (TPSA) is 105 Å². The first-order valence-corrected chi connectivity index (χ1v) is 12.2. The Kier molecular flexibility index (Phi) is 8.11. The predicted octanol–water partition coefficient (Wildman–Crippen LogP) is 3.28. The molecule has 1 aliphatic heterocycles. The van der Waals surface area contributed by atoms with Crippen molar-refractivity contribution >= 4 is 39.1 Å². The highest BCUT2D eigenvalue weighted by atomic mass is 35.5. The molecule has 0 radical (unpaired) electrons. The number of benzene rings is 2. The van der Waals surface area contributed by atoms with Crippen LogP contribution < -0.4 is 15.4 Å². The summed E-state index contributed by atoms with van der Waals surface area (Å²) in [6.45, 7) is 1.03. The van der Waals surface area contributed by atoms with Crippen LogP contribution in [0.15, 0.2) is 47.4 Å². The number of anilines is 1. The lowest BCUT2D eigenvalue weighted by Gasteiger charge is -2.26. The quantitative estimate of drug-likeness (QED) is 0.604. The van der Waals surface area contributed by atoms with Gasteiger partial charge >= 0.3 is 0 Å². The lowest BCUT2D eigenvalue weighted by atomic mass is 10.2. The average molecular weight is 480 g/mol. The number of amides is 2. The van der Waals surface area contributed by atoms with E-state index >= 15 is 0 Å². The number of hydrogen-bond acceptors (Lipinski definition) is 5. The van der Waals surface area contributed by atoms with E-state index < -0.39 is 10.0 Å². The van der Waals surface area contributed by atoms with Crippen molar-refractivity contribution in [2.45, 2.75) is 30.6 Å². The monoisotopic (exact) mass is 479 g/mol. The summed E-state index contributed by atoms with van der Waals surface area (Å²) in [4.78, 5) is 24.5. The number of methoxy groups -OCH3 is 1.